The highest BCUT2D eigenvalue weighted by Gasteiger charge is 2.17. The van der Waals surface area contributed by atoms with E-state index in [0.29, 0.717) is 10.7 Å². The normalized spacial score (nSPS) is 11.2. The monoisotopic (exact) mass is 293 g/mol. The fourth-order valence-corrected chi connectivity index (χ4v) is 2.28. The first kappa shape index (κ1) is 12.9. The molecule has 3 nitrogen and oxygen atoms in total. The standard InChI is InChI=1S/C14H10ClF2N3/c1-7-2-3-8(6-9(7)15)20-13-11(19-14(20)18)5-4-10(16)12(13)17/h2-6H,1H3,(H2,18,19). The van der Waals surface area contributed by atoms with Crippen molar-refractivity contribution >= 4 is 28.6 Å². The molecule has 2 aromatic carbocycles. The SMILES string of the molecule is Cc1ccc(-n2c(N)nc3ccc(F)c(F)c32)cc1Cl. The lowest BCUT2D eigenvalue weighted by molar-refractivity contribution is 0.514. The molecule has 0 bridgehead atoms. The maximum Gasteiger partial charge on any atom is 0.206 e. The number of nitrogens with two attached hydrogens (primary N) is 1. The van der Waals surface area contributed by atoms with Crippen molar-refractivity contribution in [2.45, 2.75) is 6.92 Å². The molecular formula is C14H10ClF2N3. The zero-order valence-corrected chi connectivity index (χ0v) is 11.2. The fourth-order valence-electron chi connectivity index (χ4n) is 2.10. The number of nitrogen functional groups attached to an aromatic ring is 1. The molecular weight excluding hydrogens is 284 g/mol. The average molecular weight is 294 g/mol. The Morgan fingerprint density at radius 2 is 1.95 bits per heavy atom. The minimum absolute atomic E-state index is 0.00224. The molecule has 0 spiro atoms. The topological polar surface area (TPSA) is 43.8 Å². The van der Waals surface area contributed by atoms with Crippen molar-refractivity contribution < 1.29 is 8.78 Å². The van der Waals surface area contributed by atoms with Gasteiger partial charge in [-0.3, -0.25) is 4.57 Å². The molecule has 0 fully saturated rings. The van der Waals surface area contributed by atoms with Crippen LogP contribution in [0.15, 0.2) is 30.3 Å². The largest absolute Gasteiger partial charge is 0.369 e. The number of rotatable bonds is 1. The van der Waals surface area contributed by atoms with Gasteiger partial charge in [0.2, 0.25) is 5.95 Å². The van der Waals surface area contributed by atoms with Crippen LogP contribution in [0, 0.1) is 18.6 Å². The van der Waals surface area contributed by atoms with Gasteiger partial charge in [-0.25, -0.2) is 13.8 Å². The molecule has 1 heterocycles. The van der Waals surface area contributed by atoms with E-state index in [-0.39, 0.29) is 17.0 Å². The molecule has 0 aliphatic carbocycles. The smallest absolute Gasteiger partial charge is 0.206 e. The lowest BCUT2D eigenvalue weighted by atomic mass is 10.2. The molecule has 6 heteroatoms. The highest BCUT2D eigenvalue weighted by Crippen LogP contribution is 2.28. The minimum Gasteiger partial charge on any atom is -0.369 e. The highest BCUT2D eigenvalue weighted by atomic mass is 35.5. The summed E-state index contributed by atoms with van der Waals surface area (Å²) in [6, 6.07) is 7.55. The third-order valence-corrected chi connectivity index (χ3v) is 3.56. The van der Waals surface area contributed by atoms with Crippen LogP contribution in [0.1, 0.15) is 5.56 Å². The van der Waals surface area contributed by atoms with Crippen LogP contribution in [-0.4, -0.2) is 9.55 Å². The van der Waals surface area contributed by atoms with Gasteiger partial charge in [0.15, 0.2) is 11.6 Å². The van der Waals surface area contributed by atoms with E-state index < -0.39 is 11.6 Å². The molecule has 1 aromatic heterocycles. The van der Waals surface area contributed by atoms with Crippen LogP contribution >= 0.6 is 11.6 Å². The van der Waals surface area contributed by atoms with E-state index in [2.05, 4.69) is 4.98 Å². The Labute approximate surface area is 118 Å². The molecule has 0 saturated carbocycles. The minimum atomic E-state index is -0.983. The first-order chi connectivity index (χ1) is 9.49. The van der Waals surface area contributed by atoms with Crippen molar-refractivity contribution in [3.8, 4) is 5.69 Å². The first-order valence-electron chi connectivity index (χ1n) is 5.87. The van der Waals surface area contributed by atoms with Gasteiger partial charge in [0.25, 0.3) is 0 Å². The highest BCUT2D eigenvalue weighted by molar-refractivity contribution is 6.31. The predicted octanol–water partition coefficient (Wildman–Crippen LogP) is 3.85. The van der Waals surface area contributed by atoms with Crippen molar-refractivity contribution in [1.82, 2.24) is 9.55 Å². The number of benzene rings is 2. The number of imidazole rings is 1. The molecule has 0 atom stereocenters. The number of nitrogens with zero attached hydrogens (tertiary/aromatic N) is 2. The molecule has 0 amide bonds. The van der Waals surface area contributed by atoms with Crippen LogP contribution in [0.5, 0.6) is 0 Å². The summed E-state index contributed by atoms with van der Waals surface area (Å²) in [6.07, 6.45) is 0. The molecule has 3 aromatic rings. The lowest BCUT2D eigenvalue weighted by Gasteiger charge is -2.09. The molecule has 102 valence electrons. The first-order valence-corrected chi connectivity index (χ1v) is 6.25. The van der Waals surface area contributed by atoms with Crippen LogP contribution < -0.4 is 5.73 Å². The number of aryl methyl sites for hydroxylation is 1. The molecule has 20 heavy (non-hydrogen) atoms. The summed E-state index contributed by atoms with van der Waals surface area (Å²) in [5, 5.41) is 0.514. The van der Waals surface area contributed by atoms with Crippen LogP contribution in [0.2, 0.25) is 5.02 Å². The summed E-state index contributed by atoms with van der Waals surface area (Å²) in [5.74, 6) is -1.86. The zero-order valence-electron chi connectivity index (χ0n) is 10.5. The molecule has 0 aliphatic rings. The van der Waals surface area contributed by atoms with E-state index in [1.165, 1.54) is 10.6 Å². The third kappa shape index (κ3) is 1.82. The third-order valence-electron chi connectivity index (χ3n) is 3.15. The van der Waals surface area contributed by atoms with Gasteiger partial charge in [-0.15, -0.1) is 0 Å². The Balaban J connectivity index is 2.38. The summed E-state index contributed by atoms with van der Waals surface area (Å²) in [5.41, 5.74) is 7.52. The van der Waals surface area contributed by atoms with Crippen LogP contribution in [-0.2, 0) is 0 Å². The van der Waals surface area contributed by atoms with E-state index in [9.17, 15) is 8.78 Å². The van der Waals surface area contributed by atoms with E-state index in [0.717, 1.165) is 11.6 Å². The summed E-state index contributed by atoms with van der Waals surface area (Å²) in [7, 11) is 0. The summed E-state index contributed by atoms with van der Waals surface area (Å²) in [4.78, 5) is 4.03. The lowest BCUT2D eigenvalue weighted by Crippen LogP contribution is -2.02. The van der Waals surface area contributed by atoms with Gasteiger partial charge in [0.05, 0.1) is 11.2 Å². The van der Waals surface area contributed by atoms with Crippen LogP contribution in [0.4, 0.5) is 14.7 Å². The van der Waals surface area contributed by atoms with Gasteiger partial charge < -0.3 is 5.73 Å². The Morgan fingerprint density at radius 1 is 1.20 bits per heavy atom. The quantitative estimate of drug-likeness (QED) is 0.740. The molecule has 3 rings (SSSR count). The van der Waals surface area contributed by atoms with E-state index >= 15 is 0 Å². The number of halogens is 3. The Hall–Kier alpha value is -2.14. The van der Waals surface area contributed by atoms with Crippen molar-refractivity contribution in [3.05, 3.63) is 52.6 Å². The number of hydrogen-bond donors (Lipinski definition) is 1. The second-order valence-electron chi connectivity index (χ2n) is 4.47. The van der Waals surface area contributed by atoms with Gasteiger partial charge in [-0.05, 0) is 36.8 Å². The van der Waals surface area contributed by atoms with E-state index in [1.54, 1.807) is 18.2 Å². The molecule has 0 saturated heterocycles. The number of hydrogen-bond acceptors (Lipinski definition) is 2. The van der Waals surface area contributed by atoms with Crippen molar-refractivity contribution in [1.29, 1.82) is 0 Å². The summed E-state index contributed by atoms with van der Waals surface area (Å²) >= 11 is 6.06. The number of anilines is 1. The Kier molecular flexibility index (Phi) is 2.87. The summed E-state index contributed by atoms with van der Waals surface area (Å²) in [6.45, 7) is 1.85. The fraction of sp³-hybridized carbons (Fsp3) is 0.0714. The van der Waals surface area contributed by atoms with Gasteiger partial charge in [0, 0.05) is 5.02 Å². The summed E-state index contributed by atoms with van der Waals surface area (Å²) < 4.78 is 28.8. The Morgan fingerprint density at radius 3 is 2.65 bits per heavy atom. The van der Waals surface area contributed by atoms with Crippen LogP contribution in [0.25, 0.3) is 16.7 Å². The van der Waals surface area contributed by atoms with Gasteiger partial charge >= 0.3 is 0 Å². The molecule has 0 aliphatic heterocycles. The second-order valence-corrected chi connectivity index (χ2v) is 4.88. The van der Waals surface area contributed by atoms with Gasteiger partial charge in [-0.2, -0.15) is 0 Å². The predicted molar refractivity (Wildman–Crippen MR) is 75.1 cm³/mol. The van der Waals surface area contributed by atoms with Crippen molar-refractivity contribution in [2.75, 3.05) is 5.73 Å². The number of aromatic nitrogens is 2. The van der Waals surface area contributed by atoms with Gasteiger partial charge in [-0.1, -0.05) is 17.7 Å². The molecule has 0 radical (unpaired) electrons. The average Bonchev–Trinajstić information content (AvgIpc) is 2.74. The number of fused-ring (bicyclic) bond motifs is 1. The van der Waals surface area contributed by atoms with Crippen molar-refractivity contribution in [3.63, 3.8) is 0 Å². The zero-order chi connectivity index (χ0) is 14.4. The Bertz CT molecular complexity index is 827. The molecule has 0 unspecified atom stereocenters. The maximum absolute atomic E-state index is 14.0. The van der Waals surface area contributed by atoms with Crippen molar-refractivity contribution in [2.24, 2.45) is 0 Å². The van der Waals surface area contributed by atoms with Crippen LogP contribution in [0.3, 0.4) is 0 Å². The maximum atomic E-state index is 14.0. The van der Waals surface area contributed by atoms with Gasteiger partial charge in [0.1, 0.15) is 5.52 Å². The van der Waals surface area contributed by atoms with E-state index in [1.807, 2.05) is 6.92 Å². The van der Waals surface area contributed by atoms with E-state index in [4.69, 9.17) is 17.3 Å². The molecule has 2 N–H and O–H groups in total. The second kappa shape index (κ2) is 4.45.